The highest BCUT2D eigenvalue weighted by atomic mass is 35.6. The number of hydrogen-bond acceptors (Lipinski definition) is 3. The van der Waals surface area contributed by atoms with E-state index in [0.717, 1.165) is 6.20 Å². The van der Waals surface area contributed by atoms with Crippen molar-refractivity contribution in [2.24, 2.45) is 0 Å². The van der Waals surface area contributed by atoms with E-state index in [1.165, 1.54) is 0 Å². The Labute approximate surface area is 97.5 Å². The standard InChI is InChI=1S/C6H4Cl3N3O3/c7-6(8,9)4(14)11-2-1-10-5(15)12-3(2)13/h1H,(H,11,14)(H2,10,12,13,15). The first kappa shape index (κ1) is 12.1. The number of halogens is 3. The third kappa shape index (κ3) is 3.26. The van der Waals surface area contributed by atoms with Gasteiger partial charge in [-0.25, -0.2) is 4.79 Å². The van der Waals surface area contributed by atoms with Gasteiger partial charge in [-0.05, 0) is 0 Å². The van der Waals surface area contributed by atoms with Crippen molar-refractivity contribution in [2.45, 2.75) is 3.79 Å². The van der Waals surface area contributed by atoms with Crippen LogP contribution in [0.4, 0.5) is 5.69 Å². The average molecular weight is 272 g/mol. The lowest BCUT2D eigenvalue weighted by atomic mass is 10.5. The van der Waals surface area contributed by atoms with E-state index in [-0.39, 0.29) is 5.69 Å². The van der Waals surface area contributed by atoms with Crippen LogP contribution in [0.1, 0.15) is 0 Å². The summed E-state index contributed by atoms with van der Waals surface area (Å²) in [4.78, 5) is 36.9. The zero-order valence-electron chi connectivity index (χ0n) is 6.94. The molecule has 0 aromatic carbocycles. The lowest BCUT2D eigenvalue weighted by Crippen LogP contribution is -2.32. The van der Waals surface area contributed by atoms with Crippen molar-refractivity contribution in [1.29, 1.82) is 0 Å². The zero-order chi connectivity index (χ0) is 11.6. The number of nitrogens with one attached hydrogen (secondary N) is 3. The summed E-state index contributed by atoms with van der Waals surface area (Å²) in [5, 5.41) is 2.03. The van der Waals surface area contributed by atoms with Crippen molar-refractivity contribution in [3.63, 3.8) is 0 Å². The quantitative estimate of drug-likeness (QED) is 0.645. The van der Waals surface area contributed by atoms with Gasteiger partial charge in [0.1, 0.15) is 5.69 Å². The molecule has 1 aromatic rings. The van der Waals surface area contributed by atoms with Crippen LogP contribution >= 0.6 is 34.8 Å². The average Bonchev–Trinajstić information content (AvgIpc) is 2.08. The van der Waals surface area contributed by atoms with Crippen molar-refractivity contribution >= 4 is 46.4 Å². The maximum Gasteiger partial charge on any atom is 0.325 e. The monoisotopic (exact) mass is 271 g/mol. The first-order chi connectivity index (χ1) is 6.80. The minimum Gasteiger partial charge on any atom is -0.317 e. The summed E-state index contributed by atoms with van der Waals surface area (Å²) < 4.78 is -2.18. The Morgan fingerprint density at radius 3 is 2.40 bits per heavy atom. The van der Waals surface area contributed by atoms with Crippen LogP contribution in [0, 0.1) is 0 Å². The van der Waals surface area contributed by atoms with Crippen LogP contribution in [-0.4, -0.2) is 19.7 Å². The molecule has 0 unspecified atom stereocenters. The maximum atomic E-state index is 11.1. The van der Waals surface area contributed by atoms with Gasteiger partial charge in [-0.15, -0.1) is 0 Å². The van der Waals surface area contributed by atoms with Crippen LogP contribution < -0.4 is 16.6 Å². The molecule has 0 fully saturated rings. The van der Waals surface area contributed by atoms with Gasteiger partial charge in [0.25, 0.3) is 15.3 Å². The van der Waals surface area contributed by atoms with Crippen LogP contribution in [0.25, 0.3) is 0 Å². The van der Waals surface area contributed by atoms with Crippen molar-refractivity contribution in [3.8, 4) is 0 Å². The number of amides is 1. The topological polar surface area (TPSA) is 94.8 Å². The third-order valence-corrected chi connectivity index (χ3v) is 1.84. The number of aromatic amines is 2. The van der Waals surface area contributed by atoms with Crippen molar-refractivity contribution in [3.05, 3.63) is 27.0 Å². The molecule has 1 amide bonds. The molecule has 0 aliphatic rings. The van der Waals surface area contributed by atoms with Crippen molar-refractivity contribution in [1.82, 2.24) is 9.97 Å². The normalized spacial score (nSPS) is 11.1. The molecular formula is C6H4Cl3N3O3. The summed E-state index contributed by atoms with van der Waals surface area (Å²) in [5.41, 5.74) is -1.71. The Morgan fingerprint density at radius 2 is 1.93 bits per heavy atom. The van der Waals surface area contributed by atoms with Crippen LogP contribution in [0.5, 0.6) is 0 Å². The van der Waals surface area contributed by atoms with E-state index in [1.54, 1.807) is 0 Å². The summed E-state index contributed by atoms with van der Waals surface area (Å²) >= 11 is 15.8. The zero-order valence-corrected chi connectivity index (χ0v) is 9.20. The van der Waals surface area contributed by atoms with Gasteiger partial charge in [-0.1, -0.05) is 34.8 Å². The van der Waals surface area contributed by atoms with E-state index in [0.29, 0.717) is 0 Å². The lowest BCUT2D eigenvalue weighted by molar-refractivity contribution is -0.115. The van der Waals surface area contributed by atoms with Crippen molar-refractivity contribution in [2.75, 3.05) is 5.32 Å². The van der Waals surface area contributed by atoms with Crippen LogP contribution in [0.3, 0.4) is 0 Å². The Morgan fingerprint density at radius 1 is 1.33 bits per heavy atom. The molecule has 1 rings (SSSR count). The van der Waals surface area contributed by atoms with Crippen LogP contribution in [0.2, 0.25) is 0 Å². The number of H-pyrrole nitrogens is 2. The molecule has 0 spiro atoms. The van der Waals surface area contributed by atoms with E-state index in [9.17, 15) is 14.4 Å². The molecule has 82 valence electrons. The summed E-state index contributed by atoms with van der Waals surface area (Å²) in [6, 6.07) is 0. The van der Waals surface area contributed by atoms with Gasteiger partial charge >= 0.3 is 5.69 Å². The molecule has 15 heavy (non-hydrogen) atoms. The first-order valence-corrected chi connectivity index (χ1v) is 4.64. The summed E-state index contributed by atoms with van der Waals surface area (Å²) in [6.45, 7) is 0. The number of aromatic nitrogens is 2. The first-order valence-electron chi connectivity index (χ1n) is 3.51. The minimum atomic E-state index is -2.18. The van der Waals surface area contributed by atoms with E-state index in [1.807, 2.05) is 10.3 Å². The van der Waals surface area contributed by atoms with Gasteiger partial charge in [0, 0.05) is 6.20 Å². The van der Waals surface area contributed by atoms with E-state index in [2.05, 4.69) is 4.98 Å². The number of anilines is 1. The number of carbonyl (C=O) groups excluding carboxylic acids is 1. The van der Waals surface area contributed by atoms with Gasteiger partial charge < -0.3 is 10.3 Å². The van der Waals surface area contributed by atoms with Gasteiger partial charge in [0.2, 0.25) is 0 Å². The smallest absolute Gasteiger partial charge is 0.317 e. The molecule has 0 bridgehead atoms. The molecule has 9 heteroatoms. The highest BCUT2D eigenvalue weighted by molar-refractivity contribution is 6.76. The van der Waals surface area contributed by atoms with Crippen LogP contribution in [0.15, 0.2) is 15.8 Å². The second-order valence-electron chi connectivity index (χ2n) is 2.44. The fourth-order valence-corrected chi connectivity index (χ4v) is 0.838. The molecule has 0 aliphatic carbocycles. The molecule has 6 nitrogen and oxygen atoms in total. The number of carbonyl (C=O) groups is 1. The molecule has 0 radical (unpaired) electrons. The molecule has 1 heterocycles. The Bertz CT molecular complexity index is 487. The summed E-state index contributed by atoms with van der Waals surface area (Å²) in [5.74, 6) is -0.995. The maximum absolute atomic E-state index is 11.1. The SMILES string of the molecule is O=C(Nc1c[nH]c(=O)[nH]c1=O)C(Cl)(Cl)Cl. The second kappa shape index (κ2) is 4.26. The molecular weight excluding hydrogens is 268 g/mol. The van der Waals surface area contributed by atoms with Gasteiger partial charge in [-0.3, -0.25) is 14.6 Å². The predicted octanol–water partition coefficient (Wildman–Crippen LogP) is 0.372. The van der Waals surface area contributed by atoms with Gasteiger partial charge in [-0.2, -0.15) is 0 Å². The number of alkyl halides is 3. The third-order valence-electron chi connectivity index (χ3n) is 1.32. The highest BCUT2D eigenvalue weighted by Gasteiger charge is 2.31. The van der Waals surface area contributed by atoms with Crippen LogP contribution in [-0.2, 0) is 4.79 Å². The molecule has 0 aliphatic heterocycles. The fraction of sp³-hybridized carbons (Fsp3) is 0.167. The van der Waals surface area contributed by atoms with E-state index < -0.39 is 20.9 Å². The molecule has 0 saturated carbocycles. The lowest BCUT2D eigenvalue weighted by Gasteiger charge is -2.09. The second-order valence-corrected chi connectivity index (χ2v) is 4.72. The molecule has 0 atom stereocenters. The molecule has 3 N–H and O–H groups in total. The summed E-state index contributed by atoms with van der Waals surface area (Å²) in [6.07, 6.45) is 0.996. The number of rotatable bonds is 1. The largest absolute Gasteiger partial charge is 0.325 e. The fourth-order valence-electron chi connectivity index (χ4n) is 0.696. The Balaban J connectivity index is 2.97. The van der Waals surface area contributed by atoms with E-state index in [4.69, 9.17) is 34.8 Å². The van der Waals surface area contributed by atoms with E-state index >= 15 is 0 Å². The molecule has 1 aromatic heterocycles. The predicted molar refractivity (Wildman–Crippen MR) is 56.6 cm³/mol. The van der Waals surface area contributed by atoms with Crippen molar-refractivity contribution < 1.29 is 4.79 Å². The highest BCUT2D eigenvalue weighted by Crippen LogP contribution is 2.26. The van der Waals surface area contributed by atoms with Gasteiger partial charge in [0.15, 0.2) is 0 Å². The van der Waals surface area contributed by atoms with Gasteiger partial charge in [0.05, 0.1) is 0 Å². The summed E-state index contributed by atoms with van der Waals surface area (Å²) in [7, 11) is 0. The Hall–Kier alpha value is -0.980. The Kier molecular flexibility index (Phi) is 3.43. The minimum absolute atomic E-state index is 0.217. The number of hydrogen-bond donors (Lipinski definition) is 3. The molecule has 0 saturated heterocycles.